The Morgan fingerprint density at radius 2 is 2.35 bits per heavy atom. The van der Waals surface area contributed by atoms with Gasteiger partial charge >= 0.3 is 5.97 Å². The maximum atomic E-state index is 11.6. The second kappa shape index (κ2) is 9.76. The number of halogens is 1. The van der Waals surface area contributed by atoms with Crippen molar-refractivity contribution in [2.24, 2.45) is 0 Å². The Morgan fingerprint density at radius 3 is 3.14 bits per heavy atom. The van der Waals surface area contributed by atoms with Crippen molar-refractivity contribution in [3.8, 4) is 0 Å². The molecule has 1 saturated heterocycles. The van der Waals surface area contributed by atoms with Crippen molar-refractivity contribution in [2.45, 2.75) is 30.5 Å². The summed E-state index contributed by atoms with van der Waals surface area (Å²) in [5.74, 6) is -0.412. The molecular formula is C24H25ClN6O4S2. The Bertz CT molecular complexity index is 1420. The fourth-order valence-corrected chi connectivity index (χ4v) is 6.72. The molecule has 1 fully saturated rings. The summed E-state index contributed by atoms with van der Waals surface area (Å²) in [6.45, 7) is 4.58. The highest BCUT2D eigenvalue weighted by Crippen LogP contribution is 2.39. The first-order valence-corrected chi connectivity index (χ1v) is 13.9. The molecule has 13 heteroatoms. The van der Waals surface area contributed by atoms with Gasteiger partial charge in [-0.25, -0.2) is 14.3 Å². The third kappa shape index (κ3) is 4.42. The summed E-state index contributed by atoms with van der Waals surface area (Å²) in [5.41, 5.74) is 2.79. The minimum atomic E-state index is -1.04. The maximum Gasteiger partial charge on any atom is 0.345 e. The molecule has 6 heterocycles. The fraction of sp³-hybridized carbons (Fsp3) is 0.375. The Morgan fingerprint density at radius 1 is 1.46 bits per heavy atom. The number of nitrogens with zero attached hydrogens (tertiary/aromatic N) is 4. The normalized spacial score (nSPS) is 25.8. The average molecular weight is 561 g/mol. The molecule has 3 aliphatic rings. The number of fused-ring (bicyclic) bond motifs is 3. The molecule has 0 bridgehead atoms. The first kappa shape index (κ1) is 24.4. The third-order valence-corrected chi connectivity index (χ3v) is 8.87. The summed E-state index contributed by atoms with van der Waals surface area (Å²) in [6, 6.07) is 1.46. The van der Waals surface area contributed by atoms with Crippen LogP contribution in [-0.4, -0.2) is 67.9 Å². The van der Waals surface area contributed by atoms with Gasteiger partial charge in [-0.3, -0.25) is 0 Å². The first-order chi connectivity index (χ1) is 17.9. The molecule has 3 aromatic heterocycles. The van der Waals surface area contributed by atoms with E-state index in [9.17, 15) is 9.90 Å². The predicted octanol–water partition coefficient (Wildman–Crippen LogP) is 3.22. The number of allylic oxidation sites excluding steroid dienone is 2. The number of carboxylic acids is 1. The SMILES string of the molecule is Cc1nn2c3c(nc2s1)CCN(C=COC1=CC=CNC1(Cl)C1CNCCO1)C3c1csc(C(=O)O)c1. The van der Waals surface area contributed by atoms with Crippen LogP contribution in [0.1, 0.15) is 37.7 Å². The first-order valence-electron chi connectivity index (χ1n) is 11.9. The second-order valence-corrected chi connectivity index (χ2v) is 11.6. The van der Waals surface area contributed by atoms with Crippen LogP contribution in [0.3, 0.4) is 0 Å². The molecule has 3 unspecified atom stereocenters. The van der Waals surface area contributed by atoms with Gasteiger partial charge in [-0.15, -0.1) is 11.3 Å². The molecule has 3 aromatic rings. The van der Waals surface area contributed by atoms with Gasteiger partial charge in [0.2, 0.25) is 4.96 Å². The van der Waals surface area contributed by atoms with E-state index in [1.165, 1.54) is 22.7 Å². The number of aromatic nitrogens is 3. The summed E-state index contributed by atoms with van der Waals surface area (Å²) in [5, 5.41) is 23.5. The summed E-state index contributed by atoms with van der Waals surface area (Å²) < 4.78 is 13.9. The van der Waals surface area contributed by atoms with Crippen molar-refractivity contribution in [3.05, 3.63) is 74.9 Å². The van der Waals surface area contributed by atoms with Crippen LogP contribution in [0.5, 0.6) is 0 Å². The topological polar surface area (TPSA) is 113 Å². The molecule has 3 aliphatic heterocycles. The predicted molar refractivity (Wildman–Crippen MR) is 141 cm³/mol. The van der Waals surface area contributed by atoms with Crippen LogP contribution < -0.4 is 10.6 Å². The van der Waals surface area contributed by atoms with E-state index in [-0.39, 0.29) is 17.0 Å². The number of rotatable bonds is 6. The monoisotopic (exact) mass is 560 g/mol. The highest BCUT2D eigenvalue weighted by Gasteiger charge is 2.44. The molecular weight excluding hydrogens is 536 g/mol. The number of ether oxygens (including phenoxy) is 2. The molecule has 6 rings (SSSR count). The lowest BCUT2D eigenvalue weighted by molar-refractivity contribution is -0.00620. The van der Waals surface area contributed by atoms with Crippen molar-refractivity contribution < 1.29 is 19.4 Å². The fourth-order valence-electron chi connectivity index (χ4n) is 4.87. The number of nitrogens with one attached hydrogen (secondary N) is 2. The van der Waals surface area contributed by atoms with E-state index >= 15 is 0 Å². The summed E-state index contributed by atoms with van der Waals surface area (Å²) in [6.07, 6.45) is 9.35. The summed E-state index contributed by atoms with van der Waals surface area (Å²) >= 11 is 9.73. The second-order valence-electron chi connectivity index (χ2n) is 8.91. The van der Waals surface area contributed by atoms with Gasteiger partial charge in [0, 0.05) is 32.3 Å². The van der Waals surface area contributed by atoms with Gasteiger partial charge in [-0.2, -0.15) is 5.10 Å². The third-order valence-electron chi connectivity index (χ3n) is 6.57. The van der Waals surface area contributed by atoms with E-state index < -0.39 is 11.0 Å². The van der Waals surface area contributed by atoms with Crippen LogP contribution in [-0.2, 0) is 15.9 Å². The molecule has 3 N–H and O–H groups in total. The van der Waals surface area contributed by atoms with Gasteiger partial charge in [-0.1, -0.05) is 22.9 Å². The Kier molecular flexibility index (Phi) is 6.45. The number of dihydropyridines is 1. The standard InChI is InChI=1S/C24H25ClN6O4S2/c1-14-29-31-21-16(28-23(31)37-14)4-7-30(20(21)15-11-17(22(32)33)36-13-15)8-10-35-18-3-2-5-27-24(18,25)19-12-26-6-9-34-19/h2-3,5,8,10-11,13,19-20,26-27H,4,6-7,9,12H2,1H3,(H,32,33). The lowest BCUT2D eigenvalue weighted by Crippen LogP contribution is -2.58. The molecule has 0 aromatic carbocycles. The number of thiophene rings is 1. The zero-order valence-corrected chi connectivity index (χ0v) is 22.3. The average Bonchev–Trinajstić information content (AvgIpc) is 3.60. The molecule has 0 aliphatic carbocycles. The zero-order chi connectivity index (χ0) is 25.6. The maximum absolute atomic E-state index is 11.6. The number of hydrogen-bond acceptors (Lipinski definition) is 10. The van der Waals surface area contributed by atoms with Crippen LogP contribution >= 0.6 is 34.3 Å². The summed E-state index contributed by atoms with van der Waals surface area (Å²) in [4.78, 5) is 18.6. The minimum absolute atomic E-state index is 0.269. The van der Waals surface area contributed by atoms with Crippen molar-refractivity contribution in [2.75, 3.05) is 26.2 Å². The highest BCUT2D eigenvalue weighted by atomic mass is 35.5. The van der Waals surface area contributed by atoms with E-state index in [1.54, 1.807) is 18.5 Å². The molecule has 37 heavy (non-hydrogen) atoms. The molecule has 194 valence electrons. The molecule has 0 saturated carbocycles. The highest BCUT2D eigenvalue weighted by molar-refractivity contribution is 7.16. The molecule has 3 atom stereocenters. The van der Waals surface area contributed by atoms with Crippen LogP contribution in [0.4, 0.5) is 0 Å². The number of hydrogen-bond donors (Lipinski definition) is 3. The van der Waals surface area contributed by atoms with Crippen LogP contribution in [0.2, 0.25) is 0 Å². The van der Waals surface area contributed by atoms with Gasteiger partial charge in [0.25, 0.3) is 0 Å². The van der Waals surface area contributed by atoms with Crippen molar-refractivity contribution in [1.82, 2.24) is 30.1 Å². The number of carbonyl (C=O) groups is 1. The Labute approximate surface area is 225 Å². The lowest BCUT2D eigenvalue weighted by atomic mass is 9.98. The number of aromatic carboxylic acids is 1. The van der Waals surface area contributed by atoms with E-state index in [4.69, 9.17) is 26.1 Å². The van der Waals surface area contributed by atoms with Crippen LogP contribution in [0.25, 0.3) is 4.96 Å². The van der Waals surface area contributed by atoms with Gasteiger partial charge in [0.1, 0.15) is 28.0 Å². The van der Waals surface area contributed by atoms with Crippen LogP contribution in [0, 0.1) is 6.92 Å². The molecule has 0 amide bonds. The number of carboxylic acid groups (broad SMARTS) is 1. The van der Waals surface area contributed by atoms with E-state index in [0.29, 0.717) is 25.5 Å². The summed E-state index contributed by atoms with van der Waals surface area (Å²) in [7, 11) is 0. The number of alkyl halides is 1. The molecule has 0 spiro atoms. The molecule has 0 radical (unpaired) electrons. The Balaban J connectivity index is 1.31. The minimum Gasteiger partial charge on any atom is -0.477 e. The van der Waals surface area contributed by atoms with Crippen molar-refractivity contribution in [3.63, 3.8) is 0 Å². The van der Waals surface area contributed by atoms with E-state index in [1.807, 2.05) is 35.2 Å². The van der Waals surface area contributed by atoms with Gasteiger partial charge < -0.3 is 30.1 Å². The number of aryl methyl sites for hydroxylation is 1. The zero-order valence-electron chi connectivity index (χ0n) is 19.9. The molecule has 10 nitrogen and oxygen atoms in total. The van der Waals surface area contributed by atoms with E-state index in [2.05, 4.69) is 20.6 Å². The number of imidazole rings is 1. The van der Waals surface area contributed by atoms with Crippen LogP contribution in [0.15, 0.2) is 48.0 Å². The van der Waals surface area contributed by atoms with Crippen molar-refractivity contribution >= 4 is 45.2 Å². The Hall–Kier alpha value is -2.90. The quantitative estimate of drug-likeness (QED) is 0.237. The van der Waals surface area contributed by atoms with Gasteiger partial charge in [0.15, 0.2) is 5.00 Å². The lowest BCUT2D eigenvalue weighted by Gasteiger charge is -2.39. The largest absolute Gasteiger partial charge is 0.477 e. The van der Waals surface area contributed by atoms with Gasteiger partial charge in [-0.05, 0) is 42.3 Å². The van der Waals surface area contributed by atoms with Gasteiger partial charge in [0.05, 0.1) is 24.0 Å². The number of morpholine rings is 1. The van der Waals surface area contributed by atoms with E-state index in [0.717, 1.165) is 39.9 Å². The smallest absolute Gasteiger partial charge is 0.345 e. The van der Waals surface area contributed by atoms with Crippen molar-refractivity contribution in [1.29, 1.82) is 0 Å².